The average molecular weight is 188 g/mol. The van der Waals surface area contributed by atoms with Crippen LogP contribution in [0.25, 0.3) is 11.1 Å². The van der Waals surface area contributed by atoms with Crippen LogP contribution in [0.4, 0.5) is 0 Å². The van der Waals surface area contributed by atoms with Crippen LogP contribution >= 0.6 is 0 Å². The van der Waals surface area contributed by atoms with E-state index in [1.54, 1.807) is 12.1 Å². The van der Waals surface area contributed by atoms with Crippen LogP contribution in [0.5, 0.6) is 0 Å². The normalized spacial score (nSPS) is 9.50. The van der Waals surface area contributed by atoms with Crippen molar-refractivity contribution in [3.8, 4) is 0 Å². The van der Waals surface area contributed by atoms with E-state index in [1.165, 1.54) is 0 Å². The number of carboxylic acid groups (broad SMARTS) is 1. The highest BCUT2D eigenvalue weighted by atomic mass is 16.4. The number of carbonyl (C=O) groups is 1. The molecule has 0 aliphatic rings. The first-order valence-electron chi connectivity index (χ1n) is 4.21. The van der Waals surface area contributed by atoms with E-state index in [-0.39, 0.29) is 5.57 Å². The Morgan fingerprint density at radius 1 is 1.21 bits per heavy atom. The van der Waals surface area contributed by atoms with E-state index in [1.807, 2.05) is 19.1 Å². The van der Waals surface area contributed by atoms with Gasteiger partial charge in [-0.1, -0.05) is 43.0 Å². The maximum atomic E-state index is 10.7. The quantitative estimate of drug-likeness (QED) is 0.740. The van der Waals surface area contributed by atoms with Crippen molar-refractivity contribution in [1.29, 1.82) is 0 Å². The maximum absolute atomic E-state index is 10.7. The van der Waals surface area contributed by atoms with Gasteiger partial charge in [-0.15, -0.1) is 0 Å². The molecule has 0 aliphatic carbocycles. The molecule has 2 heteroatoms. The lowest BCUT2D eigenvalue weighted by Gasteiger charge is -2.08. The van der Waals surface area contributed by atoms with Crippen molar-refractivity contribution in [2.45, 2.75) is 6.92 Å². The Bertz CT molecular complexity index is 403. The number of carboxylic acids is 1. The second-order valence-corrected chi connectivity index (χ2v) is 3.11. The number of hydrogen-bond acceptors (Lipinski definition) is 1. The number of rotatable bonds is 3. The van der Waals surface area contributed by atoms with Gasteiger partial charge in [0.1, 0.15) is 0 Å². The van der Waals surface area contributed by atoms with Gasteiger partial charge in [-0.25, -0.2) is 4.79 Å². The monoisotopic (exact) mass is 188 g/mol. The lowest BCUT2D eigenvalue weighted by Crippen LogP contribution is -2.00. The molecule has 1 aromatic carbocycles. The van der Waals surface area contributed by atoms with Crippen molar-refractivity contribution in [3.05, 3.63) is 48.6 Å². The largest absolute Gasteiger partial charge is 0.478 e. The molecule has 0 radical (unpaired) electrons. The van der Waals surface area contributed by atoms with Crippen molar-refractivity contribution in [2.24, 2.45) is 0 Å². The third kappa shape index (κ3) is 1.91. The maximum Gasteiger partial charge on any atom is 0.335 e. The molecule has 0 spiro atoms. The fourth-order valence-electron chi connectivity index (χ4n) is 1.23. The number of hydrogen-bond donors (Lipinski definition) is 1. The molecule has 0 heterocycles. The lowest BCUT2D eigenvalue weighted by molar-refractivity contribution is -0.130. The third-order valence-corrected chi connectivity index (χ3v) is 1.97. The summed E-state index contributed by atoms with van der Waals surface area (Å²) in [5.74, 6) is -1.00. The molecule has 1 N–H and O–H groups in total. The van der Waals surface area contributed by atoms with Crippen LogP contribution in [-0.4, -0.2) is 11.1 Å². The van der Waals surface area contributed by atoms with Crippen molar-refractivity contribution < 1.29 is 9.90 Å². The van der Waals surface area contributed by atoms with Crippen molar-refractivity contribution >= 4 is 17.1 Å². The van der Waals surface area contributed by atoms with Crippen molar-refractivity contribution in [2.75, 3.05) is 0 Å². The first-order chi connectivity index (χ1) is 6.54. The Morgan fingerprint density at radius 3 is 2.14 bits per heavy atom. The molecule has 0 atom stereocenters. The number of benzene rings is 1. The molecule has 2 nitrogen and oxygen atoms in total. The molecule has 0 unspecified atom stereocenters. The summed E-state index contributed by atoms with van der Waals surface area (Å²) >= 11 is 0. The second kappa shape index (κ2) is 3.92. The van der Waals surface area contributed by atoms with Crippen molar-refractivity contribution in [1.82, 2.24) is 0 Å². The molecule has 0 bridgehead atoms. The summed E-state index contributed by atoms with van der Waals surface area (Å²) in [6.45, 7) is 9.16. The number of allylic oxidation sites excluding steroid dienone is 1. The van der Waals surface area contributed by atoms with E-state index in [2.05, 4.69) is 13.2 Å². The Kier molecular flexibility index (Phi) is 2.87. The summed E-state index contributed by atoms with van der Waals surface area (Å²) in [7, 11) is 0. The molecule has 0 saturated heterocycles. The fraction of sp³-hybridized carbons (Fsp3) is 0.0833. The SMILES string of the molecule is C=C(C)c1ccccc1C(=C)C(=O)O. The molecule has 0 aliphatic heterocycles. The van der Waals surface area contributed by atoms with Crippen LogP contribution in [0.2, 0.25) is 0 Å². The minimum Gasteiger partial charge on any atom is -0.478 e. The van der Waals surface area contributed by atoms with E-state index in [0.717, 1.165) is 11.1 Å². The van der Waals surface area contributed by atoms with Gasteiger partial charge in [-0.2, -0.15) is 0 Å². The molecule has 0 fully saturated rings. The Morgan fingerprint density at radius 2 is 1.71 bits per heavy atom. The van der Waals surface area contributed by atoms with Crippen LogP contribution < -0.4 is 0 Å². The molecule has 14 heavy (non-hydrogen) atoms. The van der Waals surface area contributed by atoms with E-state index in [9.17, 15) is 4.79 Å². The summed E-state index contributed by atoms with van der Waals surface area (Å²) in [6.07, 6.45) is 0. The van der Waals surface area contributed by atoms with Gasteiger partial charge in [-0.3, -0.25) is 0 Å². The van der Waals surface area contributed by atoms with Gasteiger partial charge in [0.2, 0.25) is 0 Å². The minimum absolute atomic E-state index is 0.101. The molecule has 1 rings (SSSR count). The molecule has 0 amide bonds. The zero-order valence-corrected chi connectivity index (χ0v) is 8.08. The van der Waals surface area contributed by atoms with E-state index in [4.69, 9.17) is 5.11 Å². The van der Waals surface area contributed by atoms with Gasteiger partial charge < -0.3 is 5.11 Å². The number of aliphatic carboxylic acids is 1. The van der Waals surface area contributed by atoms with Gasteiger partial charge in [0.15, 0.2) is 0 Å². The Hall–Kier alpha value is -1.83. The molecular weight excluding hydrogens is 176 g/mol. The van der Waals surface area contributed by atoms with Crippen LogP contribution in [-0.2, 0) is 4.79 Å². The van der Waals surface area contributed by atoms with Gasteiger partial charge in [-0.05, 0) is 18.1 Å². The van der Waals surface area contributed by atoms with Gasteiger partial charge in [0, 0.05) is 0 Å². The van der Waals surface area contributed by atoms with Crippen LogP contribution in [0, 0.1) is 0 Å². The summed E-state index contributed by atoms with van der Waals surface area (Å²) in [5.41, 5.74) is 2.40. The topological polar surface area (TPSA) is 37.3 Å². The lowest BCUT2D eigenvalue weighted by atomic mass is 9.97. The third-order valence-electron chi connectivity index (χ3n) is 1.97. The fourth-order valence-corrected chi connectivity index (χ4v) is 1.23. The van der Waals surface area contributed by atoms with Crippen LogP contribution in [0.15, 0.2) is 37.4 Å². The van der Waals surface area contributed by atoms with Gasteiger partial charge >= 0.3 is 5.97 Å². The highest BCUT2D eigenvalue weighted by Crippen LogP contribution is 2.23. The second-order valence-electron chi connectivity index (χ2n) is 3.11. The summed E-state index contributed by atoms with van der Waals surface area (Å²) in [4.78, 5) is 10.7. The summed E-state index contributed by atoms with van der Waals surface area (Å²) in [6, 6.07) is 7.21. The summed E-state index contributed by atoms with van der Waals surface area (Å²) in [5, 5.41) is 8.81. The molecule has 0 saturated carbocycles. The summed E-state index contributed by atoms with van der Waals surface area (Å²) < 4.78 is 0. The minimum atomic E-state index is -1.00. The van der Waals surface area contributed by atoms with Crippen LogP contribution in [0.3, 0.4) is 0 Å². The first-order valence-corrected chi connectivity index (χ1v) is 4.21. The first kappa shape index (κ1) is 10.3. The smallest absolute Gasteiger partial charge is 0.335 e. The standard InChI is InChI=1S/C12H12O2/c1-8(2)10-6-4-5-7-11(10)9(3)12(13)14/h4-7H,1,3H2,2H3,(H,13,14). The van der Waals surface area contributed by atoms with Gasteiger partial charge in [0.05, 0.1) is 5.57 Å². The molecule has 1 aromatic rings. The Labute approximate surface area is 83.2 Å². The highest BCUT2D eigenvalue weighted by molar-refractivity contribution is 6.15. The molecule has 72 valence electrons. The predicted octanol–water partition coefficient (Wildman–Crippen LogP) is 2.82. The zero-order valence-electron chi connectivity index (χ0n) is 8.08. The average Bonchev–Trinajstić information content (AvgIpc) is 2.16. The van der Waals surface area contributed by atoms with Gasteiger partial charge in [0.25, 0.3) is 0 Å². The van der Waals surface area contributed by atoms with Crippen LogP contribution in [0.1, 0.15) is 18.1 Å². The Balaban J connectivity index is 3.27. The van der Waals surface area contributed by atoms with E-state index < -0.39 is 5.97 Å². The molecular formula is C12H12O2. The van der Waals surface area contributed by atoms with Crippen molar-refractivity contribution in [3.63, 3.8) is 0 Å². The zero-order chi connectivity index (χ0) is 10.7. The van der Waals surface area contributed by atoms with E-state index >= 15 is 0 Å². The van der Waals surface area contributed by atoms with E-state index in [0.29, 0.717) is 5.56 Å². The highest BCUT2D eigenvalue weighted by Gasteiger charge is 2.11. The predicted molar refractivity (Wildman–Crippen MR) is 57.8 cm³/mol. The molecule has 0 aromatic heterocycles.